The molecule has 104 valence electrons. The van der Waals surface area contributed by atoms with Gasteiger partial charge in [0, 0.05) is 18.1 Å². The van der Waals surface area contributed by atoms with Gasteiger partial charge < -0.3 is 4.90 Å². The monoisotopic (exact) mass is 305 g/mol. The highest BCUT2D eigenvalue weighted by Gasteiger charge is 2.32. The number of amides is 1. The summed E-state index contributed by atoms with van der Waals surface area (Å²) in [6, 6.07) is 5.95. The molecule has 2 aromatic heterocycles. The van der Waals surface area contributed by atoms with E-state index in [0.717, 1.165) is 29.4 Å². The summed E-state index contributed by atoms with van der Waals surface area (Å²) < 4.78 is 0.932. The van der Waals surface area contributed by atoms with Crippen molar-refractivity contribution in [3.05, 3.63) is 41.2 Å². The van der Waals surface area contributed by atoms with Crippen LogP contribution in [0.2, 0.25) is 0 Å². The number of aromatic nitrogens is 2. The van der Waals surface area contributed by atoms with Crippen molar-refractivity contribution in [1.82, 2.24) is 14.9 Å². The van der Waals surface area contributed by atoms with Crippen LogP contribution < -0.4 is 0 Å². The fourth-order valence-electron chi connectivity index (χ4n) is 2.49. The van der Waals surface area contributed by atoms with E-state index in [-0.39, 0.29) is 11.9 Å². The van der Waals surface area contributed by atoms with E-state index in [1.54, 1.807) is 18.0 Å². The zero-order valence-corrected chi connectivity index (χ0v) is 12.8. The molecule has 0 saturated carbocycles. The molecule has 1 amide bonds. The molecule has 0 aromatic carbocycles. The molecule has 20 heavy (non-hydrogen) atoms. The van der Waals surface area contributed by atoms with Crippen molar-refractivity contribution in [2.45, 2.75) is 23.2 Å². The predicted molar refractivity (Wildman–Crippen MR) is 81.1 cm³/mol. The molecule has 6 heteroatoms. The zero-order valence-electron chi connectivity index (χ0n) is 11.2. The summed E-state index contributed by atoms with van der Waals surface area (Å²) in [4.78, 5) is 23.3. The first-order chi connectivity index (χ1) is 9.79. The fourth-order valence-corrected chi connectivity index (χ4v) is 3.72. The van der Waals surface area contributed by atoms with Crippen molar-refractivity contribution >= 4 is 29.0 Å². The maximum Gasteiger partial charge on any atom is 0.273 e. The summed E-state index contributed by atoms with van der Waals surface area (Å²) in [6.45, 7) is 0.784. The van der Waals surface area contributed by atoms with Crippen LogP contribution in [0.5, 0.6) is 0 Å². The largest absolute Gasteiger partial charge is 0.329 e. The minimum Gasteiger partial charge on any atom is -0.329 e. The van der Waals surface area contributed by atoms with E-state index in [1.807, 2.05) is 34.7 Å². The number of thiazole rings is 1. The van der Waals surface area contributed by atoms with Crippen LogP contribution >= 0.6 is 23.1 Å². The maximum absolute atomic E-state index is 12.6. The Balaban J connectivity index is 1.83. The smallest absolute Gasteiger partial charge is 0.273 e. The number of rotatable bonds is 3. The first-order valence-corrected chi connectivity index (χ1v) is 8.61. The highest BCUT2D eigenvalue weighted by atomic mass is 32.2. The number of carbonyl (C=O) groups is 1. The van der Waals surface area contributed by atoms with E-state index in [4.69, 9.17) is 0 Å². The molecule has 3 rings (SSSR count). The first kappa shape index (κ1) is 13.6. The summed E-state index contributed by atoms with van der Waals surface area (Å²) in [5.74, 6) is 0.0229. The summed E-state index contributed by atoms with van der Waals surface area (Å²) in [6.07, 6.45) is 5.75. The van der Waals surface area contributed by atoms with Gasteiger partial charge in [-0.05, 0) is 31.2 Å². The van der Waals surface area contributed by atoms with Crippen LogP contribution in [-0.2, 0) is 0 Å². The molecule has 2 aromatic rings. The van der Waals surface area contributed by atoms with Gasteiger partial charge in [-0.1, -0.05) is 17.8 Å². The van der Waals surface area contributed by atoms with Crippen molar-refractivity contribution < 1.29 is 4.79 Å². The minimum absolute atomic E-state index is 0.0229. The Hall–Kier alpha value is -1.40. The topological polar surface area (TPSA) is 46.1 Å². The molecule has 0 unspecified atom stereocenters. The van der Waals surface area contributed by atoms with Crippen LogP contribution in [0.1, 0.15) is 35.1 Å². The molecule has 1 aliphatic rings. The van der Waals surface area contributed by atoms with Gasteiger partial charge in [0.15, 0.2) is 0 Å². The quantitative estimate of drug-likeness (QED) is 0.817. The normalized spacial score (nSPS) is 18.4. The zero-order chi connectivity index (χ0) is 13.9. The number of carbonyl (C=O) groups excluding carboxylic acids is 1. The van der Waals surface area contributed by atoms with Gasteiger partial charge in [0.2, 0.25) is 0 Å². The number of pyridine rings is 1. The van der Waals surface area contributed by atoms with Crippen LogP contribution in [0.4, 0.5) is 0 Å². The molecule has 1 saturated heterocycles. The number of hydrogen-bond donors (Lipinski definition) is 0. The molecule has 0 radical (unpaired) electrons. The van der Waals surface area contributed by atoms with Crippen LogP contribution in [0.25, 0.3) is 0 Å². The molecular formula is C14H15N3OS2. The van der Waals surface area contributed by atoms with E-state index in [1.165, 1.54) is 11.3 Å². The molecule has 0 aliphatic carbocycles. The van der Waals surface area contributed by atoms with E-state index in [2.05, 4.69) is 9.97 Å². The second-order valence-corrected chi connectivity index (χ2v) is 6.53. The summed E-state index contributed by atoms with van der Waals surface area (Å²) in [5, 5.41) is 1.85. The van der Waals surface area contributed by atoms with Crippen LogP contribution in [0.15, 0.2) is 34.1 Å². The molecule has 0 bridgehead atoms. The minimum atomic E-state index is 0.0229. The van der Waals surface area contributed by atoms with Gasteiger partial charge in [-0.3, -0.25) is 9.78 Å². The molecule has 3 heterocycles. The first-order valence-electron chi connectivity index (χ1n) is 6.51. The second-order valence-electron chi connectivity index (χ2n) is 4.61. The number of thioether (sulfide) groups is 1. The Kier molecular flexibility index (Phi) is 4.03. The third-order valence-electron chi connectivity index (χ3n) is 3.42. The standard InChI is InChI=1S/C14H15N3OS2/c1-19-14-16-11(9-20-14)13(18)17-8-4-6-12(17)10-5-2-3-7-15-10/h2-3,5,7,9,12H,4,6,8H2,1H3/t12-/m1/s1. The average Bonchev–Trinajstić information content (AvgIpc) is 3.16. The lowest BCUT2D eigenvalue weighted by atomic mass is 10.1. The van der Waals surface area contributed by atoms with Crippen LogP contribution in [-0.4, -0.2) is 33.6 Å². The van der Waals surface area contributed by atoms with E-state index < -0.39 is 0 Å². The van der Waals surface area contributed by atoms with Gasteiger partial charge in [0.25, 0.3) is 5.91 Å². The van der Waals surface area contributed by atoms with Crippen molar-refractivity contribution in [2.24, 2.45) is 0 Å². The number of likely N-dealkylation sites (tertiary alicyclic amines) is 1. The van der Waals surface area contributed by atoms with Gasteiger partial charge in [-0.25, -0.2) is 4.98 Å². The Labute approximate surface area is 126 Å². The van der Waals surface area contributed by atoms with Crippen molar-refractivity contribution in [1.29, 1.82) is 0 Å². The SMILES string of the molecule is CSc1nc(C(=O)N2CCC[C@@H]2c2ccccn2)cs1. The summed E-state index contributed by atoms with van der Waals surface area (Å²) in [5.41, 5.74) is 1.53. The summed E-state index contributed by atoms with van der Waals surface area (Å²) >= 11 is 3.09. The van der Waals surface area contributed by atoms with Crippen molar-refractivity contribution in [3.8, 4) is 0 Å². The molecular weight excluding hydrogens is 290 g/mol. The lowest BCUT2D eigenvalue weighted by Crippen LogP contribution is -2.31. The van der Waals surface area contributed by atoms with Gasteiger partial charge in [-0.2, -0.15) is 0 Å². The third-order valence-corrected chi connectivity index (χ3v) is 5.28. The number of hydrogen-bond acceptors (Lipinski definition) is 5. The van der Waals surface area contributed by atoms with Crippen LogP contribution in [0, 0.1) is 0 Å². The molecule has 1 aliphatic heterocycles. The highest BCUT2D eigenvalue weighted by Crippen LogP contribution is 2.32. The molecule has 0 N–H and O–H groups in total. The van der Waals surface area contributed by atoms with Gasteiger partial charge in [0.1, 0.15) is 10.0 Å². The van der Waals surface area contributed by atoms with Gasteiger partial charge in [-0.15, -0.1) is 11.3 Å². The Bertz CT molecular complexity index is 599. The number of nitrogens with zero attached hydrogens (tertiary/aromatic N) is 3. The Morgan fingerprint density at radius 3 is 3.10 bits per heavy atom. The Morgan fingerprint density at radius 2 is 2.40 bits per heavy atom. The molecule has 1 fully saturated rings. The van der Waals surface area contributed by atoms with Crippen LogP contribution in [0.3, 0.4) is 0 Å². The fraction of sp³-hybridized carbons (Fsp3) is 0.357. The lowest BCUT2D eigenvalue weighted by Gasteiger charge is -2.23. The lowest BCUT2D eigenvalue weighted by molar-refractivity contribution is 0.0727. The molecule has 4 nitrogen and oxygen atoms in total. The van der Waals surface area contributed by atoms with Crippen molar-refractivity contribution in [3.63, 3.8) is 0 Å². The molecule has 0 spiro atoms. The highest BCUT2D eigenvalue weighted by molar-refractivity contribution is 8.00. The predicted octanol–water partition coefficient (Wildman–Crippen LogP) is 3.24. The Morgan fingerprint density at radius 1 is 1.50 bits per heavy atom. The average molecular weight is 305 g/mol. The van der Waals surface area contributed by atoms with Crippen molar-refractivity contribution in [2.75, 3.05) is 12.8 Å². The van der Waals surface area contributed by atoms with E-state index >= 15 is 0 Å². The second kappa shape index (κ2) is 5.93. The molecule has 1 atom stereocenters. The van der Waals surface area contributed by atoms with Gasteiger partial charge in [0.05, 0.1) is 11.7 Å². The van der Waals surface area contributed by atoms with E-state index in [9.17, 15) is 4.79 Å². The van der Waals surface area contributed by atoms with Gasteiger partial charge >= 0.3 is 0 Å². The summed E-state index contributed by atoms with van der Waals surface area (Å²) in [7, 11) is 0. The van der Waals surface area contributed by atoms with E-state index in [0.29, 0.717) is 5.69 Å². The third kappa shape index (κ3) is 2.58. The maximum atomic E-state index is 12.6.